The van der Waals surface area contributed by atoms with Crippen molar-refractivity contribution in [2.75, 3.05) is 10.8 Å². The molecule has 10 heteroatoms. The highest BCUT2D eigenvalue weighted by atomic mass is 35.5. The van der Waals surface area contributed by atoms with E-state index in [9.17, 15) is 18.0 Å². The van der Waals surface area contributed by atoms with Gasteiger partial charge in [0.15, 0.2) is 0 Å². The van der Waals surface area contributed by atoms with E-state index in [0.717, 1.165) is 21.0 Å². The van der Waals surface area contributed by atoms with Gasteiger partial charge in [0, 0.05) is 18.5 Å². The first kappa shape index (κ1) is 34.0. The van der Waals surface area contributed by atoms with Crippen LogP contribution in [0.25, 0.3) is 0 Å². The maximum absolute atomic E-state index is 14.5. The van der Waals surface area contributed by atoms with Gasteiger partial charge in [0.05, 0.1) is 20.6 Å². The van der Waals surface area contributed by atoms with Gasteiger partial charge in [-0.25, -0.2) is 8.42 Å². The Hall–Kier alpha value is -3.85. The fourth-order valence-corrected chi connectivity index (χ4v) is 6.71. The molecule has 2 amide bonds. The topological polar surface area (TPSA) is 86.8 Å². The molecule has 0 bridgehead atoms. The molecule has 1 N–H and O–H groups in total. The number of hydrogen-bond donors (Lipinski definition) is 1. The Balaban J connectivity index is 1.84. The molecule has 236 valence electrons. The third-order valence-electron chi connectivity index (χ3n) is 7.05. The summed E-state index contributed by atoms with van der Waals surface area (Å²) in [6, 6.07) is 28.5. The Morgan fingerprint density at radius 3 is 2.00 bits per heavy atom. The van der Waals surface area contributed by atoms with Crippen LogP contribution < -0.4 is 9.62 Å². The SMILES string of the molecule is Cc1ccc(CN(C(=O)CN(c2cccc(Cl)c2Cl)S(=O)(=O)c2ccccc2)[C@@H](Cc2ccccc2)C(=O)NC(C)(C)C)cc1. The highest BCUT2D eigenvalue weighted by molar-refractivity contribution is 7.92. The van der Waals surface area contributed by atoms with Crippen molar-refractivity contribution in [3.05, 3.63) is 130 Å². The van der Waals surface area contributed by atoms with E-state index < -0.39 is 34.1 Å². The van der Waals surface area contributed by atoms with Gasteiger partial charge in [0.25, 0.3) is 10.0 Å². The second kappa shape index (κ2) is 14.5. The Bertz CT molecular complexity index is 1730. The molecule has 4 aromatic rings. The molecule has 0 aliphatic heterocycles. The molecule has 4 rings (SSSR count). The monoisotopic (exact) mass is 665 g/mol. The van der Waals surface area contributed by atoms with Crippen LogP contribution in [0.5, 0.6) is 0 Å². The maximum Gasteiger partial charge on any atom is 0.264 e. The average Bonchev–Trinajstić information content (AvgIpc) is 3.00. The van der Waals surface area contributed by atoms with Crippen molar-refractivity contribution in [2.24, 2.45) is 0 Å². The van der Waals surface area contributed by atoms with E-state index in [0.29, 0.717) is 0 Å². The molecule has 0 aliphatic carbocycles. The number of amides is 2. The number of nitrogens with zero attached hydrogens (tertiary/aromatic N) is 2. The minimum Gasteiger partial charge on any atom is -0.350 e. The zero-order valence-corrected chi connectivity index (χ0v) is 28.0. The third-order valence-corrected chi connectivity index (χ3v) is 9.64. The van der Waals surface area contributed by atoms with E-state index >= 15 is 0 Å². The van der Waals surface area contributed by atoms with Crippen LogP contribution in [0.15, 0.2) is 108 Å². The molecule has 0 heterocycles. The number of aryl methyl sites for hydroxylation is 1. The van der Waals surface area contributed by atoms with E-state index in [2.05, 4.69) is 5.32 Å². The number of carbonyl (C=O) groups is 2. The second-order valence-corrected chi connectivity index (χ2v) is 14.5. The standard InChI is InChI=1S/C35H37Cl2N3O4S/c1-25-18-20-27(21-19-25)23-39(31(34(42)38-35(2,3)4)22-26-12-7-5-8-13-26)32(41)24-40(30-17-11-16-29(36)33(30)37)45(43,44)28-14-9-6-10-15-28/h5-21,31H,22-24H2,1-4H3,(H,38,42)/t31-/m0/s1. The van der Waals surface area contributed by atoms with Crippen molar-refractivity contribution in [1.82, 2.24) is 10.2 Å². The van der Waals surface area contributed by atoms with Gasteiger partial charge < -0.3 is 10.2 Å². The van der Waals surface area contributed by atoms with Gasteiger partial charge in [-0.15, -0.1) is 0 Å². The first-order valence-electron chi connectivity index (χ1n) is 14.5. The summed E-state index contributed by atoms with van der Waals surface area (Å²) >= 11 is 12.9. The lowest BCUT2D eigenvalue weighted by molar-refractivity contribution is -0.140. The van der Waals surface area contributed by atoms with E-state index in [4.69, 9.17) is 23.2 Å². The molecule has 0 unspecified atom stereocenters. The number of anilines is 1. The Kier molecular flexibility index (Phi) is 11.0. The molecule has 0 spiro atoms. The Labute approximate surface area is 275 Å². The zero-order chi connectivity index (χ0) is 32.8. The fraction of sp³-hybridized carbons (Fsp3) is 0.257. The number of sulfonamides is 1. The Morgan fingerprint density at radius 1 is 0.800 bits per heavy atom. The Morgan fingerprint density at radius 2 is 1.40 bits per heavy atom. The molecule has 0 aromatic heterocycles. The van der Waals surface area contributed by atoms with Crippen molar-refractivity contribution >= 4 is 50.7 Å². The lowest BCUT2D eigenvalue weighted by atomic mass is 10.0. The van der Waals surface area contributed by atoms with Gasteiger partial charge in [-0.05, 0) is 63.1 Å². The van der Waals surface area contributed by atoms with Crippen molar-refractivity contribution in [1.29, 1.82) is 0 Å². The zero-order valence-electron chi connectivity index (χ0n) is 25.7. The molecule has 0 aliphatic rings. The van der Waals surface area contributed by atoms with Gasteiger partial charge in [-0.2, -0.15) is 0 Å². The molecular formula is C35H37Cl2N3O4S. The van der Waals surface area contributed by atoms with Crippen LogP contribution >= 0.6 is 23.2 Å². The van der Waals surface area contributed by atoms with Gasteiger partial charge in [0.2, 0.25) is 11.8 Å². The normalized spacial score (nSPS) is 12.3. The summed E-state index contributed by atoms with van der Waals surface area (Å²) in [5.74, 6) is -0.943. The molecule has 0 saturated carbocycles. The van der Waals surface area contributed by atoms with Crippen LogP contribution in [-0.4, -0.2) is 43.3 Å². The highest BCUT2D eigenvalue weighted by Crippen LogP contribution is 2.35. The van der Waals surface area contributed by atoms with Gasteiger partial charge in [0.1, 0.15) is 12.6 Å². The van der Waals surface area contributed by atoms with E-state index in [1.54, 1.807) is 30.3 Å². The van der Waals surface area contributed by atoms with E-state index in [-0.39, 0.29) is 39.5 Å². The van der Waals surface area contributed by atoms with Crippen molar-refractivity contribution in [2.45, 2.75) is 57.1 Å². The summed E-state index contributed by atoms with van der Waals surface area (Å²) in [6.45, 7) is 7.00. The van der Waals surface area contributed by atoms with Crippen LogP contribution in [0.2, 0.25) is 10.0 Å². The van der Waals surface area contributed by atoms with Crippen molar-refractivity contribution < 1.29 is 18.0 Å². The summed E-state index contributed by atoms with van der Waals surface area (Å²) in [7, 11) is -4.29. The molecule has 0 saturated heterocycles. The van der Waals surface area contributed by atoms with Gasteiger partial charge in [-0.1, -0.05) is 108 Å². The largest absolute Gasteiger partial charge is 0.350 e. The maximum atomic E-state index is 14.5. The smallest absolute Gasteiger partial charge is 0.264 e. The van der Waals surface area contributed by atoms with Crippen LogP contribution in [0.1, 0.15) is 37.5 Å². The second-order valence-electron chi connectivity index (χ2n) is 11.8. The van der Waals surface area contributed by atoms with Crippen LogP contribution in [-0.2, 0) is 32.6 Å². The van der Waals surface area contributed by atoms with Gasteiger partial charge in [-0.3, -0.25) is 13.9 Å². The van der Waals surface area contributed by atoms with E-state index in [1.807, 2.05) is 82.3 Å². The average molecular weight is 667 g/mol. The number of halogens is 2. The molecular weight excluding hydrogens is 629 g/mol. The van der Waals surface area contributed by atoms with Crippen molar-refractivity contribution in [3.8, 4) is 0 Å². The summed E-state index contributed by atoms with van der Waals surface area (Å²) in [5, 5.41) is 3.15. The lowest BCUT2D eigenvalue weighted by Gasteiger charge is -2.35. The van der Waals surface area contributed by atoms with Crippen LogP contribution in [0.4, 0.5) is 5.69 Å². The number of benzene rings is 4. The summed E-state index contributed by atoms with van der Waals surface area (Å²) in [4.78, 5) is 29.9. The number of nitrogens with one attached hydrogen (secondary N) is 1. The molecule has 7 nitrogen and oxygen atoms in total. The number of carbonyl (C=O) groups excluding carboxylic acids is 2. The fourth-order valence-electron chi connectivity index (χ4n) is 4.82. The number of rotatable bonds is 11. The summed E-state index contributed by atoms with van der Waals surface area (Å²) in [5.41, 5.74) is 2.14. The quantitative estimate of drug-likeness (QED) is 0.186. The predicted octanol–water partition coefficient (Wildman–Crippen LogP) is 7.05. The van der Waals surface area contributed by atoms with Crippen LogP contribution in [0.3, 0.4) is 0 Å². The van der Waals surface area contributed by atoms with Crippen molar-refractivity contribution in [3.63, 3.8) is 0 Å². The molecule has 1 atom stereocenters. The van der Waals surface area contributed by atoms with E-state index in [1.165, 1.54) is 23.1 Å². The molecule has 0 radical (unpaired) electrons. The molecule has 4 aromatic carbocycles. The lowest BCUT2D eigenvalue weighted by Crippen LogP contribution is -2.56. The molecule has 45 heavy (non-hydrogen) atoms. The number of hydrogen-bond acceptors (Lipinski definition) is 4. The minimum atomic E-state index is -4.29. The molecule has 0 fully saturated rings. The first-order valence-corrected chi connectivity index (χ1v) is 16.7. The summed E-state index contributed by atoms with van der Waals surface area (Å²) < 4.78 is 29.2. The minimum absolute atomic E-state index is 0.0112. The predicted molar refractivity (Wildman–Crippen MR) is 181 cm³/mol. The summed E-state index contributed by atoms with van der Waals surface area (Å²) in [6.07, 6.45) is 0.212. The van der Waals surface area contributed by atoms with Gasteiger partial charge >= 0.3 is 0 Å². The first-order chi connectivity index (χ1) is 21.3. The third kappa shape index (κ3) is 8.87. The highest BCUT2D eigenvalue weighted by Gasteiger charge is 2.36. The van der Waals surface area contributed by atoms with Crippen LogP contribution in [0, 0.1) is 6.92 Å².